The lowest BCUT2D eigenvalue weighted by Crippen LogP contribution is -2.29. The van der Waals surface area contributed by atoms with Crippen LogP contribution in [0, 0.1) is 5.41 Å². The summed E-state index contributed by atoms with van der Waals surface area (Å²) >= 11 is 0. The first-order chi connectivity index (χ1) is 7.66. The second kappa shape index (κ2) is 9.46. The van der Waals surface area contributed by atoms with Gasteiger partial charge in [0, 0.05) is 0 Å². The van der Waals surface area contributed by atoms with E-state index in [9.17, 15) is 0 Å². The quantitative estimate of drug-likeness (QED) is 0.336. The van der Waals surface area contributed by atoms with Crippen molar-refractivity contribution in [3.05, 3.63) is 0 Å². The molecular weight excluding hydrogens is 211 g/mol. The van der Waals surface area contributed by atoms with Crippen LogP contribution in [0.2, 0.25) is 0 Å². The molecule has 0 nitrogen and oxygen atoms in total. The van der Waals surface area contributed by atoms with Gasteiger partial charge in [-0.15, -0.1) is 9.24 Å². The molecule has 0 bridgehead atoms. The van der Waals surface area contributed by atoms with Gasteiger partial charge in [-0.1, -0.05) is 59.8 Å². The number of hydrogen-bond acceptors (Lipinski definition) is 0. The highest BCUT2D eigenvalue weighted by molar-refractivity contribution is 7.17. The van der Waals surface area contributed by atoms with E-state index in [0.717, 1.165) is 5.66 Å². The van der Waals surface area contributed by atoms with E-state index in [1.165, 1.54) is 57.8 Å². The molecular formula is C15H33P. The maximum Gasteiger partial charge on any atom is -0.0208 e. The topological polar surface area (TPSA) is 0 Å². The summed E-state index contributed by atoms with van der Waals surface area (Å²) in [5.41, 5.74) is 1.44. The first kappa shape index (κ1) is 16.4. The molecule has 0 radical (unpaired) electrons. The Labute approximate surface area is 106 Å². The van der Waals surface area contributed by atoms with Crippen LogP contribution in [0.1, 0.15) is 85.5 Å². The van der Waals surface area contributed by atoms with Crippen molar-refractivity contribution < 1.29 is 0 Å². The molecule has 16 heavy (non-hydrogen) atoms. The summed E-state index contributed by atoms with van der Waals surface area (Å²) in [6.07, 6.45) is 12.5. The van der Waals surface area contributed by atoms with E-state index in [1.54, 1.807) is 0 Å². The van der Waals surface area contributed by atoms with Crippen molar-refractivity contribution in [2.75, 3.05) is 0 Å². The highest BCUT2D eigenvalue weighted by Gasteiger charge is 2.31. The van der Waals surface area contributed by atoms with Gasteiger partial charge in [0.1, 0.15) is 0 Å². The largest absolute Gasteiger partial charge is 0.134 e. The molecule has 2 unspecified atom stereocenters. The van der Waals surface area contributed by atoms with Crippen LogP contribution in [-0.4, -0.2) is 5.66 Å². The van der Waals surface area contributed by atoms with Gasteiger partial charge in [0.05, 0.1) is 0 Å². The summed E-state index contributed by atoms with van der Waals surface area (Å²) in [6, 6.07) is 0. The summed E-state index contributed by atoms with van der Waals surface area (Å²) in [6.45, 7) is 9.37. The average molecular weight is 244 g/mol. The van der Waals surface area contributed by atoms with Gasteiger partial charge < -0.3 is 0 Å². The molecule has 0 aromatic rings. The van der Waals surface area contributed by atoms with Crippen LogP contribution in [0.15, 0.2) is 0 Å². The van der Waals surface area contributed by atoms with Gasteiger partial charge in [-0.3, -0.25) is 0 Å². The van der Waals surface area contributed by atoms with Gasteiger partial charge in [-0.25, -0.2) is 0 Å². The van der Waals surface area contributed by atoms with Gasteiger partial charge in [0.25, 0.3) is 0 Å². The molecule has 98 valence electrons. The molecule has 0 spiro atoms. The van der Waals surface area contributed by atoms with Gasteiger partial charge in [0.15, 0.2) is 0 Å². The van der Waals surface area contributed by atoms with Crippen molar-refractivity contribution in [2.24, 2.45) is 5.41 Å². The van der Waals surface area contributed by atoms with Crippen molar-refractivity contribution >= 4 is 9.24 Å². The Balaban J connectivity index is 4.10. The fourth-order valence-electron chi connectivity index (χ4n) is 2.91. The molecule has 1 heteroatoms. The van der Waals surface area contributed by atoms with Crippen molar-refractivity contribution in [1.29, 1.82) is 0 Å². The van der Waals surface area contributed by atoms with Crippen LogP contribution in [0.25, 0.3) is 0 Å². The molecule has 0 aliphatic carbocycles. The lowest BCUT2D eigenvalue weighted by atomic mass is 9.74. The lowest BCUT2D eigenvalue weighted by Gasteiger charge is -2.38. The Morgan fingerprint density at radius 3 is 1.94 bits per heavy atom. The number of hydrogen-bond donors (Lipinski definition) is 0. The van der Waals surface area contributed by atoms with Gasteiger partial charge in [-0.05, 0) is 36.8 Å². The minimum Gasteiger partial charge on any atom is -0.134 e. The molecule has 0 amide bonds. The van der Waals surface area contributed by atoms with Crippen LogP contribution in [-0.2, 0) is 0 Å². The van der Waals surface area contributed by atoms with E-state index < -0.39 is 0 Å². The minimum absolute atomic E-state index is 0.603. The number of rotatable bonds is 10. The summed E-state index contributed by atoms with van der Waals surface area (Å²) in [7, 11) is 3.15. The zero-order chi connectivity index (χ0) is 12.4. The van der Waals surface area contributed by atoms with E-state index in [4.69, 9.17) is 0 Å². The monoisotopic (exact) mass is 244 g/mol. The van der Waals surface area contributed by atoms with Crippen molar-refractivity contribution in [3.63, 3.8) is 0 Å². The molecule has 0 heterocycles. The lowest BCUT2D eigenvalue weighted by molar-refractivity contribution is 0.218. The Morgan fingerprint density at radius 1 is 0.875 bits per heavy atom. The molecule has 0 fully saturated rings. The molecule has 0 aliphatic rings. The molecule has 0 aromatic carbocycles. The van der Waals surface area contributed by atoms with Crippen LogP contribution in [0.5, 0.6) is 0 Å². The summed E-state index contributed by atoms with van der Waals surface area (Å²) < 4.78 is 0. The molecule has 0 saturated heterocycles. The standard InChI is InChI=1S/C15H33P/c1-5-9-10-11-12-14(16)15(7-3,8-4)13-6-2/h14H,5-13,16H2,1-4H3. The van der Waals surface area contributed by atoms with Crippen LogP contribution < -0.4 is 0 Å². The first-order valence-electron chi connectivity index (χ1n) is 7.42. The molecule has 0 rings (SSSR count). The van der Waals surface area contributed by atoms with Crippen molar-refractivity contribution in [2.45, 2.75) is 91.1 Å². The highest BCUT2D eigenvalue weighted by atomic mass is 31.0. The predicted molar refractivity (Wildman–Crippen MR) is 80.2 cm³/mol. The number of unbranched alkanes of at least 4 members (excludes halogenated alkanes) is 3. The van der Waals surface area contributed by atoms with Crippen molar-refractivity contribution in [1.82, 2.24) is 0 Å². The van der Waals surface area contributed by atoms with E-state index in [1.807, 2.05) is 0 Å². The van der Waals surface area contributed by atoms with Crippen LogP contribution in [0.4, 0.5) is 0 Å². The first-order valence-corrected chi connectivity index (χ1v) is 8.09. The molecule has 2 atom stereocenters. The fraction of sp³-hybridized carbons (Fsp3) is 1.00. The Hall–Kier alpha value is 0.430. The van der Waals surface area contributed by atoms with Crippen LogP contribution >= 0.6 is 9.24 Å². The molecule has 0 aromatic heterocycles. The second-order valence-electron chi connectivity index (χ2n) is 5.28. The molecule has 0 saturated carbocycles. The molecule has 0 aliphatic heterocycles. The fourth-order valence-corrected chi connectivity index (χ4v) is 3.78. The Kier molecular flexibility index (Phi) is 9.71. The van der Waals surface area contributed by atoms with Gasteiger partial charge in [-0.2, -0.15) is 0 Å². The summed E-state index contributed by atoms with van der Waals surface area (Å²) in [5, 5.41) is 0. The zero-order valence-corrected chi connectivity index (χ0v) is 13.2. The average Bonchev–Trinajstić information content (AvgIpc) is 2.31. The van der Waals surface area contributed by atoms with E-state index >= 15 is 0 Å². The van der Waals surface area contributed by atoms with E-state index in [0.29, 0.717) is 5.41 Å². The maximum atomic E-state index is 3.15. The third kappa shape index (κ3) is 5.17. The van der Waals surface area contributed by atoms with Crippen LogP contribution in [0.3, 0.4) is 0 Å². The highest BCUT2D eigenvalue weighted by Crippen LogP contribution is 2.42. The SMILES string of the molecule is CCCCCCC(P)C(CC)(CC)CCC. The van der Waals surface area contributed by atoms with E-state index in [2.05, 4.69) is 36.9 Å². The molecule has 0 N–H and O–H groups in total. The predicted octanol–water partition coefficient (Wildman–Crippen LogP) is 5.81. The van der Waals surface area contributed by atoms with E-state index in [-0.39, 0.29) is 0 Å². The second-order valence-corrected chi connectivity index (χ2v) is 6.08. The Bertz CT molecular complexity index is 150. The summed E-state index contributed by atoms with van der Waals surface area (Å²) in [4.78, 5) is 0. The third-order valence-corrected chi connectivity index (χ3v) is 5.35. The Morgan fingerprint density at radius 2 is 1.50 bits per heavy atom. The van der Waals surface area contributed by atoms with Gasteiger partial charge >= 0.3 is 0 Å². The zero-order valence-electron chi connectivity index (χ0n) is 12.0. The minimum atomic E-state index is 0.603. The summed E-state index contributed by atoms with van der Waals surface area (Å²) in [5.74, 6) is 0. The third-order valence-electron chi connectivity index (χ3n) is 4.31. The maximum absolute atomic E-state index is 3.15. The van der Waals surface area contributed by atoms with Gasteiger partial charge in [0.2, 0.25) is 0 Å². The smallest absolute Gasteiger partial charge is 0.0208 e. The normalized spacial score (nSPS) is 14.1. The van der Waals surface area contributed by atoms with Crippen molar-refractivity contribution in [3.8, 4) is 0 Å².